The van der Waals surface area contributed by atoms with E-state index in [9.17, 15) is 0 Å². The zero-order valence-corrected chi connectivity index (χ0v) is 9.33. The van der Waals surface area contributed by atoms with Crippen molar-refractivity contribution in [3.63, 3.8) is 0 Å². The van der Waals surface area contributed by atoms with Crippen molar-refractivity contribution >= 4 is 0 Å². The van der Waals surface area contributed by atoms with Gasteiger partial charge in [0.1, 0.15) is 5.75 Å². The van der Waals surface area contributed by atoms with Gasteiger partial charge < -0.3 is 10.5 Å². The van der Waals surface area contributed by atoms with Crippen LogP contribution in [0.3, 0.4) is 0 Å². The molecule has 0 unspecified atom stereocenters. The lowest BCUT2D eigenvalue weighted by Crippen LogP contribution is -2.17. The molecule has 1 aliphatic rings. The Labute approximate surface area is 91.4 Å². The van der Waals surface area contributed by atoms with Gasteiger partial charge in [-0.05, 0) is 44.4 Å². The number of ether oxygens (including phenoxy) is 1. The van der Waals surface area contributed by atoms with E-state index in [1.165, 1.54) is 18.4 Å². The van der Waals surface area contributed by atoms with Crippen LogP contribution in [0.15, 0.2) is 24.3 Å². The zero-order chi connectivity index (χ0) is 10.7. The topological polar surface area (TPSA) is 35.2 Å². The van der Waals surface area contributed by atoms with E-state index in [0.29, 0.717) is 5.41 Å². The highest BCUT2D eigenvalue weighted by molar-refractivity contribution is 5.31. The molecule has 0 aromatic heterocycles. The first-order chi connectivity index (χ1) is 7.26. The monoisotopic (exact) mass is 205 g/mol. The normalized spacial score (nSPS) is 17.5. The number of para-hydroxylation sites is 1. The van der Waals surface area contributed by atoms with Gasteiger partial charge in [-0.3, -0.25) is 0 Å². The second kappa shape index (κ2) is 4.23. The SMILES string of the molecule is Cc1ccccc1OCC1(CCN)CC1. The van der Waals surface area contributed by atoms with Crippen LogP contribution in [0.1, 0.15) is 24.8 Å². The Morgan fingerprint density at radius 2 is 2.07 bits per heavy atom. The summed E-state index contributed by atoms with van der Waals surface area (Å²) in [7, 11) is 0. The third kappa shape index (κ3) is 2.51. The van der Waals surface area contributed by atoms with Gasteiger partial charge >= 0.3 is 0 Å². The van der Waals surface area contributed by atoms with Crippen molar-refractivity contribution in [3.05, 3.63) is 29.8 Å². The van der Waals surface area contributed by atoms with Crippen molar-refractivity contribution in [1.82, 2.24) is 0 Å². The molecule has 0 heterocycles. The van der Waals surface area contributed by atoms with Gasteiger partial charge in [-0.2, -0.15) is 0 Å². The van der Waals surface area contributed by atoms with E-state index in [0.717, 1.165) is 25.3 Å². The minimum Gasteiger partial charge on any atom is -0.493 e. The number of benzene rings is 1. The lowest BCUT2D eigenvalue weighted by Gasteiger charge is -2.16. The first-order valence-electron chi connectivity index (χ1n) is 5.64. The minimum atomic E-state index is 0.400. The summed E-state index contributed by atoms with van der Waals surface area (Å²) in [6, 6.07) is 8.17. The molecule has 82 valence electrons. The molecule has 1 aromatic rings. The van der Waals surface area contributed by atoms with Gasteiger partial charge in [0, 0.05) is 5.41 Å². The molecule has 0 saturated heterocycles. The largest absolute Gasteiger partial charge is 0.493 e. The lowest BCUT2D eigenvalue weighted by molar-refractivity contribution is 0.226. The maximum Gasteiger partial charge on any atom is 0.122 e. The van der Waals surface area contributed by atoms with E-state index in [-0.39, 0.29) is 0 Å². The molecular formula is C13H19NO. The Balaban J connectivity index is 1.91. The fourth-order valence-corrected chi connectivity index (χ4v) is 1.90. The molecule has 1 aliphatic carbocycles. The summed E-state index contributed by atoms with van der Waals surface area (Å²) in [4.78, 5) is 0. The molecule has 2 rings (SSSR count). The molecule has 0 bridgehead atoms. The van der Waals surface area contributed by atoms with Crippen LogP contribution < -0.4 is 10.5 Å². The van der Waals surface area contributed by atoms with E-state index in [4.69, 9.17) is 10.5 Å². The molecule has 1 saturated carbocycles. The Morgan fingerprint density at radius 3 is 2.67 bits per heavy atom. The molecule has 1 aromatic carbocycles. The third-order valence-electron chi connectivity index (χ3n) is 3.26. The van der Waals surface area contributed by atoms with Crippen LogP contribution in [-0.2, 0) is 0 Å². The second-order valence-corrected chi connectivity index (χ2v) is 4.59. The molecule has 0 amide bonds. The average molecular weight is 205 g/mol. The molecule has 2 heteroatoms. The van der Waals surface area contributed by atoms with Crippen LogP contribution in [0.25, 0.3) is 0 Å². The number of rotatable bonds is 5. The molecular weight excluding hydrogens is 186 g/mol. The van der Waals surface area contributed by atoms with Crippen molar-refractivity contribution in [2.45, 2.75) is 26.2 Å². The van der Waals surface area contributed by atoms with Gasteiger partial charge in [-0.15, -0.1) is 0 Å². The van der Waals surface area contributed by atoms with E-state index in [1.807, 2.05) is 18.2 Å². The first-order valence-corrected chi connectivity index (χ1v) is 5.64. The smallest absolute Gasteiger partial charge is 0.122 e. The van der Waals surface area contributed by atoms with Crippen LogP contribution in [0.5, 0.6) is 5.75 Å². The zero-order valence-electron chi connectivity index (χ0n) is 9.33. The van der Waals surface area contributed by atoms with E-state index < -0.39 is 0 Å². The van der Waals surface area contributed by atoms with Gasteiger partial charge in [0.25, 0.3) is 0 Å². The predicted molar refractivity (Wildman–Crippen MR) is 62.0 cm³/mol. The summed E-state index contributed by atoms with van der Waals surface area (Å²) in [5, 5.41) is 0. The number of hydrogen-bond donors (Lipinski definition) is 1. The summed E-state index contributed by atoms with van der Waals surface area (Å²) in [5.41, 5.74) is 7.21. The van der Waals surface area contributed by atoms with Crippen LogP contribution in [-0.4, -0.2) is 13.2 Å². The van der Waals surface area contributed by atoms with Gasteiger partial charge in [0.05, 0.1) is 6.61 Å². The Morgan fingerprint density at radius 1 is 1.33 bits per heavy atom. The molecule has 1 fully saturated rings. The quantitative estimate of drug-likeness (QED) is 0.801. The van der Waals surface area contributed by atoms with Crippen molar-refractivity contribution in [1.29, 1.82) is 0 Å². The summed E-state index contributed by atoms with van der Waals surface area (Å²) < 4.78 is 5.86. The molecule has 2 N–H and O–H groups in total. The second-order valence-electron chi connectivity index (χ2n) is 4.59. The van der Waals surface area contributed by atoms with E-state index in [2.05, 4.69) is 13.0 Å². The Bertz CT molecular complexity index is 331. The number of hydrogen-bond acceptors (Lipinski definition) is 2. The molecule has 0 aliphatic heterocycles. The highest BCUT2D eigenvalue weighted by atomic mass is 16.5. The van der Waals surface area contributed by atoms with E-state index >= 15 is 0 Å². The molecule has 2 nitrogen and oxygen atoms in total. The highest BCUT2D eigenvalue weighted by Crippen LogP contribution is 2.48. The van der Waals surface area contributed by atoms with Crippen LogP contribution in [0.4, 0.5) is 0 Å². The predicted octanol–water partition coefficient (Wildman–Crippen LogP) is 2.50. The fourth-order valence-electron chi connectivity index (χ4n) is 1.90. The molecule has 0 spiro atoms. The van der Waals surface area contributed by atoms with Crippen molar-refractivity contribution in [2.24, 2.45) is 11.1 Å². The van der Waals surface area contributed by atoms with Crippen molar-refractivity contribution < 1.29 is 4.74 Å². The Kier molecular flexibility index (Phi) is 2.96. The average Bonchev–Trinajstić information content (AvgIpc) is 2.98. The van der Waals surface area contributed by atoms with Crippen molar-refractivity contribution in [3.8, 4) is 5.75 Å². The summed E-state index contributed by atoms with van der Waals surface area (Å²) >= 11 is 0. The third-order valence-corrected chi connectivity index (χ3v) is 3.26. The van der Waals surface area contributed by atoms with Gasteiger partial charge in [-0.25, -0.2) is 0 Å². The molecule has 0 atom stereocenters. The summed E-state index contributed by atoms with van der Waals surface area (Å²) in [6.45, 7) is 3.68. The molecule has 0 radical (unpaired) electrons. The highest BCUT2D eigenvalue weighted by Gasteiger charge is 2.42. The van der Waals surface area contributed by atoms with Gasteiger partial charge in [0.2, 0.25) is 0 Å². The number of nitrogens with two attached hydrogens (primary N) is 1. The number of aryl methyl sites for hydroxylation is 1. The summed E-state index contributed by atoms with van der Waals surface area (Å²) in [5.74, 6) is 1.01. The maximum absolute atomic E-state index is 5.86. The first kappa shape index (κ1) is 10.5. The van der Waals surface area contributed by atoms with Crippen LogP contribution >= 0.6 is 0 Å². The maximum atomic E-state index is 5.86. The van der Waals surface area contributed by atoms with Gasteiger partial charge in [-0.1, -0.05) is 18.2 Å². The van der Waals surface area contributed by atoms with Crippen LogP contribution in [0.2, 0.25) is 0 Å². The lowest BCUT2D eigenvalue weighted by atomic mass is 10.0. The fraction of sp³-hybridized carbons (Fsp3) is 0.538. The Hall–Kier alpha value is -1.02. The standard InChI is InChI=1S/C13H19NO/c1-11-4-2-3-5-12(11)15-10-13(6-7-13)8-9-14/h2-5H,6-10,14H2,1H3. The summed E-state index contributed by atoms with van der Waals surface area (Å²) in [6.07, 6.45) is 3.64. The minimum absolute atomic E-state index is 0.400. The van der Waals surface area contributed by atoms with Crippen LogP contribution in [0, 0.1) is 12.3 Å². The van der Waals surface area contributed by atoms with E-state index in [1.54, 1.807) is 0 Å². The molecule has 15 heavy (non-hydrogen) atoms. The van der Waals surface area contributed by atoms with Crippen molar-refractivity contribution in [2.75, 3.05) is 13.2 Å². The van der Waals surface area contributed by atoms with Gasteiger partial charge in [0.15, 0.2) is 0 Å².